The number of ether oxygens (including phenoxy) is 1. The summed E-state index contributed by atoms with van der Waals surface area (Å²) in [4.78, 5) is 14.9. The third kappa shape index (κ3) is 1.86. The number of hydrogen-bond acceptors (Lipinski definition) is 3. The molecule has 2 saturated heterocycles. The molecule has 1 spiro atoms. The third-order valence-electron chi connectivity index (χ3n) is 4.74. The summed E-state index contributed by atoms with van der Waals surface area (Å²) in [5.41, 5.74) is -0.220. The van der Waals surface area contributed by atoms with Crippen LogP contribution in [0.4, 0.5) is 0 Å². The number of nitrogens with one attached hydrogen (secondary N) is 1. The Labute approximate surface area is 109 Å². The molecule has 4 heteroatoms. The normalized spacial score (nSPS) is 34.9. The van der Waals surface area contributed by atoms with Crippen LogP contribution >= 0.6 is 0 Å². The number of rotatable bonds is 3. The lowest BCUT2D eigenvalue weighted by Gasteiger charge is -2.29. The Balaban J connectivity index is 1.82. The topological polar surface area (TPSA) is 41.6 Å². The molecule has 1 amide bonds. The minimum absolute atomic E-state index is 0.220. The van der Waals surface area contributed by atoms with Crippen LogP contribution in [0.25, 0.3) is 0 Å². The van der Waals surface area contributed by atoms with Crippen LogP contribution in [0.2, 0.25) is 0 Å². The van der Waals surface area contributed by atoms with E-state index in [1.54, 1.807) is 0 Å². The highest BCUT2D eigenvalue weighted by Crippen LogP contribution is 2.38. The van der Waals surface area contributed by atoms with Crippen molar-refractivity contribution in [3.8, 4) is 0 Å². The fraction of sp³-hybridized carbons (Fsp3) is 0.929. The molecule has 0 bridgehead atoms. The predicted molar refractivity (Wildman–Crippen MR) is 69.1 cm³/mol. The first-order valence-corrected chi connectivity index (χ1v) is 7.45. The minimum atomic E-state index is -0.220. The van der Waals surface area contributed by atoms with Crippen LogP contribution in [-0.2, 0) is 9.53 Å². The van der Waals surface area contributed by atoms with Crippen LogP contribution in [-0.4, -0.2) is 41.8 Å². The van der Waals surface area contributed by atoms with Gasteiger partial charge in [-0.15, -0.1) is 0 Å². The van der Waals surface area contributed by atoms with Crippen LogP contribution in [0.5, 0.6) is 0 Å². The summed E-state index contributed by atoms with van der Waals surface area (Å²) in [6, 6.07) is 0.307. The van der Waals surface area contributed by atoms with Gasteiger partial charge in [0.15, 0.2) is 0 Å². The second-order valence-electron chi connectivity index (χ2n) is 5.97. The standard InChI is InChI=1S/C14H24N2O2/c1-2-5-12-15-14(7-3-4-8-14)13(17)16(12)11-6-9-18-10-11/h11-12,15H,2-10H2,1H3. The van der Waals surface area contributed by atoms with E-state index in [-0.39, 0.29) is 11.7 Å². The van der Waals surface area contributed by atoms with Crippen LogP contribution in [0.1, 0.15) is 51.9 Å². The van der Waals surface area contributed by atoms with E-state index in [9.17, 15) is 4.79 Å². The van der Waals surface area contributed by atoms with Crippen molar-refractivity contribution < 1.29 is 9.53 Å². The van der Waals surface area contributed by atoms with Crippen molar-refractivity contribution >= 4 is 5.91 Å². The zero-order chi connectivity index (χ0) is 12.6. The highest BCUT2D eigenvalue weighted by molar-refractivity contribution is 5.89. The summed E-state index contributed by atoms with van der Waals surface area (Å²) >= 11 is 0. The van der Waals surface area contributed by atoms with Crippen molar-refractivity contribution in [2.24, 2.45) is 0 Å². The number of nitrogens with zero attached hydrogens (tertiary/aromatic N) is 1. The van der Waals surface area contributed by atoms with Crippen molar-refractivity contribution in [3.05, 3.63) is 0 Å². The summed E-state index contributed by atoms with van der Waals surface area (Å²) < 4.78 is 5.47. The fourth-order valence-corrected chi connectivity index (χ4v) is 3.82. The molecule has 18 heavy (non-hydrogen) atoms. The molecule has 2 unspecified atom stereocenters. The van der Waals surface area contributed by atoms with Gasteiger partial charge in [-0.2, -0.15) is 0 Å². The van der Waals surface area contributed by atoms with Crippen molar-refractivity contribution in [1.82, 2.24) is 10.2 Å². The van der Waals surface area contributed by atoms with Gasteiger partial charge >= 0.3 is 0 Å². The van der Waals surface area contributed by atoms with Crippen molar-refractivity contribution in [3.63, 3.8) is 0 Å². The minimum Gasteiger partial charge on any atom is -0.379 e. The number of amides is 1. The molecule has 2 heterocycles. The van der Waals surface area contributed by atoms with Gasteiger partial charge in [-0.25, -0.2) is 0 Å². The Morgan fingerprint density at radius 2 is 2.22 bits per heavy atom. The smallest absolute Gasteiger partial charge is 0.244 e. The maximum atomic E-state index is 12.8. The molecule has 1 N–H and O–H groups in total. The third-order valence-corrected chi connectivity index (χ3v) is 4.74. The molecule has 3 rings (SSSR count). The average Bonchev–Trinajstić information content (AvgIpc) is 3.04. The maximum Gasteiger partial charge on any atom is 0.244 e. The predicted octanol–water partition coefficient (Wildman–Crippen LogP) is 1.65. The van der Waals surface area contributed by atoms with E-state index < -0.39 is 0 Å². The van der Waals surface area contributed by atoms with E-state index in [4.69, 9.17) is 4.74 Å². The van der Waals surface area contributed by atoms with E-state index in [0.717, 1.165) is 45.3 Å². The summed E-state index contributed by atoms with van der Waals surface area (Å²) in [5.74, 6) is 0.356. The van der Waals surface area contributed by atoms with Gasteiger partial charge in [0.25, 0.3) is 0 Å². The molecular weight excluding hydrogens is 228 g/mol. The maximum absolute atomic E-state index is 12.8. The highest BCUT2D eigenvalue weighted by Gasteiger charge is 2.53. The number of carbonyl (C=O) groups excluding carboxylic acids is 1. The average molecular weight is 252 g/mol. The Morgan fingerprint density at radius 1 is 1.44 bits per heavy atom. The van der Waals surface area contributed by atoms with Crippen LogP contribution in [0, 0.1) is 0 Å². The Bertz CT molecular complexity index is 320. The highest BCUT2D eigenvalue weighted by atomic mass is 16.5. The first-order valence-electron chi connectivity index (χ1n) is 7.45. The molecule has 3 fully saturated rings. The number of hydrogen-bond donors (Lipinski definition) is 1. The first kappa shape index (κ1) is 12.4. The fourth-order valence-electron chi connectivity index (χ4n) is 3.82. The summed E-state index contributed by atoms with van der Waals surface area (Å²) in [6.07, 6.45) is 7.84. The van der Waals surface area contributed by atoms with Crippen molar-refractivity contribution in [1.29, 1.82) is 0 Å². The van der Waals surface area contributed by atoms with Crippen molar-refractivity contribution in [2.75, 3.05) is 13.2 Å². The second-order valence-corrected chi connectivity index (χ2v) is 5.97. The Kier molecular flexibility index (Phi) is 3.32. The summed E-state index contributed by atoms with van der Waals surface area (Å²) in [7, 11) is 0. The monoisotopic (exact) mass is 252 g/mol. The Morgan fingerprint density at radius 3 is 2.83 bits per heavy atom. The molecule has 0 aromatic rings. The first-order chi connectivity index (χ1) is 8.77. The van der Waals surface area contributed by atoms with Gasteiger partial charge in [-0.1, -0.05) is 26.2 Å². The van der Waals surface area contributed by atoms with Gasteiger partial charge in [-0.05, 0) is 25.7 Å². The molecule has 0 radical (unpaired) electrons. The molecule has 1 aliphatic carbocycles. The van der Waals surface area contributed by atoms with Crippen LogP contribution in [0.15, 0.2) is 0 Å². The largest absolute Gasteiger partial charge is 0.379 e. The molecule has 2 atom stereocenters. The zero-order valence-corrected chi connectivity index (χ0v) is 11.3. The van der Waals surface area contributed by atoms with E-state index in [2.05, 4.69) is 17.1 Å². The van der Waals surface area contributed by atoms with Gasteiger partial charge in [0.2, 0.25) is 5.91 Å². The quantitative estimate of drug-likeness (QED) is 0.830. The lowest BCUT2D eigenvalue weighted by molar-refractivity contribution is -0.135. The van der Waals surface area contributed by atoms with Crippen LogP contribution < -0.4 is 5.32 Å². The van der Waals surface area contributed by atoms with Crippen molar-refractivity contribution in [2.45, 2.75) is 69.6 Å². The number of carbonyl (C=O) groups is 1. The van der Waals surface area contributed by atoms with E-state index >= 15 is 0 Å². The molecular formula is C14H24N2O2. The molecule has 1 saturated carbocycles. The van der Waals surface area contributed by atoms with Gasteiger partial charge in [-0.3, -0.25) is 10.1 Å². The molecule has 4 nitrogen and oxygen atoms in total. The molecule has 102 valence electrons. The van der Waals surface area contributed by atoms with Gasteiger partial charge in [0.05, 0.1) is 24.4 Å². The molecule has 0 aromatic carbocycles. The lowest BCUT2D eigenvalue weighted by Crippen LogP contribution is -2.46. The molecule has 3 aliphatic rings. The lowest BCUT2D eigenvalue weighted by atomic mass is 9.97. The van der Waals surface area contributed by atoms with E-state index in [1.807, 2.05) is 0 Å². The van der Waals surface area contributed by atoms with Gasteiger partial charge in [0, 0.05) is 6.61 Å². The van der Waals surface area contributed by atoms with Gasteiger partial charge in [0.1, 0.15) is 0 Å². The molecule has 0 aromatic heterocycles. The summed E-state index contributed by atoms with van der Waals surface area (Å²) in [5, 5.41) is 3.66. The van der Waals surface area contributed by atoms with Crippen LogP contribution in [0.3, 0.4) is 0 Å². The second kappa shape index (κ2) is 4.82. The van der Waals surface area contributed by atoms with E-state index in [0.29, 0.717) is 11.9 Å². The van der Waals surface area contributed by atoms with E-state index in [1.165, 1.54) is 12.8 Å². The van der Waals surface area contributed by atoms with Gasteiger partial charge < -0.3 is 9.64 Å². The zero-order valence-electron chi connectivity index (χ0n) is 11.3. The SMILES string of the molecule is CCCC1NC2(CCCC2)C(=O)N1C1CCOC1. The summed E-state index contributed by atoms with van der Waals surface area (Å²) in [6.45, 7) is 3.72. The Hall–Kier alpha value is -0.610. The molecule has 2 aliphatic heterocycles.